The predicted molar refractivity (Wildman–Crippen MR) is 67.3 cm³/mol. The number of benzene rings is 1. The predicted octanol–water partition coefficient (Wildman–Crippen LogP) is 2.70. The van der Waals surface area contributed by atoms with Crippen LogP contribution in [0, 0.1) is 0 Å². The van der Waals surface area contributed by atoms with Gasteiger partial charge in [-0.05, 0) is 36.4 Å². The van der Waals surface area contributed by atoms with Crippen molar-refractivity contribution >= 4 is 11.8 Å². The summed E-state index contributed by atoms with van der Waals surface area (Å²) in [5, 5.41) is 6.92. The molecule has 0 unspecified atom stereocenters. The fourth-order valence-corrected chi connectivity index (χ4v) is 1.65. The summed E-state index contributed by atoms with van der Waals surface area (Å²) in [5.74, 6) is 1.74. The van der Waals surface area contributed by atoms with Crippen LogP contribution in [-0.4, -0.2) is 21.3 Å². The average molecular weight is 252 g/mol. The van der Waals surface area contributed by atoms with Gasteiger partial charge in [-0.3, -0.25) is 5.10 Å². The van der Waals surface area contributed by atoms with Crippen molar-refractivity contribution in [1.29, 1.82) is 0 Å². The Kier molecular flexibility index (Phi) is 2.76. The number of aromatic amines is 1. The van der Waals surface area contributed by atoms with Crippen LogP contribution in [0.5, 0.6) is 0 Å². The Balaban J connectivity index is 1.92. The van der Waals surface area contributed by atoms with Crippen molar-refractivity contribution in [3.05, 3.63) is 42.7 Å². The van der Waals surface area contributed by atoms with Gasteiger partial charge in [0.1, 0.15) is 0 Å². The number of aromatic nitrogens is 3. The second-order valence-electron chi connectivity index (χ2n) is 3.73. The molecule has 6 heteroatoms. The van der Waals surface area contributed by atoms with Gasteiger partial charge in [-0.15, -0.1) is 0 Å². The molecule has 2 heterocycles. The Labute approximate surface area is 107 Å². The van der Waals surface area contributed by atoms with Crippen molar-refractivity contribution in [2.24, 2.45) is 4.99 Å². The van der Waals surface area contributed by atoms with E-state index in [9.17, 15) is 4.79 Å². The van der Waals surface area contributed by atoms with Gasteiger partial charge < -0.3 is 4.42 Å². The van der Waals surface area contributed by atoms with Gasteiger partial charge in [-0.2, -0.15) is 10.1 Å². The zero-order valence-electron chi connectivity index (χ0n) is 9.70. The van der Waals surface area contributed by atoms with Crippen LogP contribution < -0.4 is 0 Å². The van der Waals surface area contributed by atoms with Gasteiger partial charge in [-0.25, -0.2) is 9.78 Å². The number of nitrogens with zero attached hydrogens (tertiary/aromatic N) is 3. The zero-order valence-corrected chi connectivity index (χ0v) is 9.70. The summed E-state index contributed by atoms with van der Waals surface area (Å²) in [5.41, 5.74) is 1.36. The number of hydrogen-bond acceptors (Lipinski definition) is 5. The van der Waals surface area contributed by atoms with Crippen molar-refractivity contribution < 1.29 is 9.21 Å². The van der Waals surface area contributed by atoms with Gasteiger partial charge in [0.2, 0.25) is 6.08 Å². The third kappa shape index (κ3) is 2.20. The lowest BCUT2D eigenvalue weighted by atomic mass is 10.2. The largest absolute Gasteiger partial charge is 0.461 e. The standard InChI is InChI=1S/C13H8N4O2/c18-8-14-10-5-3-9(4-6-10)12-15-13(17-16-12)11-2-1-7-19-11/h1-7H,(H,15,16,17). The van der Waals surface area contributed by atoms with Gasteiger partial charge >= 0.3 is 0 Å². The number of H-pyrrole nitrogens is 1. The first-order valence-corrected chi connectivity index (χ1v) is 5.51. The molecule has 0 bridgehead atoms. The fourth-order valence-electron chi connectivity index (χ4n) is 1.65. The minimum atomic E-state index is 0.542. The van der Waals surface area contributed by atoms with E-state index in [1.54, 1.807) is 42.7 Å². The molecule has 92 valence electrons. The van der Waals surface area contributed by atoms with Crippen LogP contribution in [0.3, 0.4) is 0 Å². The molecule has 0 spiro atoms. The van der Waals surface area contributed by atoms with E-state index in [0.717, 1.165) is 5.56 Å². The molecular weight excluding hydrogens is 244 g/mol. The van der Waals surface area contributed by atoms with E-state index < -0.39 is 0 Å². The number of nitrogens with one attached hydrogen (secondary N) is 1. The topological polar surface area (TPSA) is 84.1 Å². The highest BCUT2D eigenvalue weighted by Crippen LogP contribution is 2.22. The molecule has 0 aliphatic carbocycles. The molecule has 0 atom stereocenters. The summed E-state index contributed by atoms with van der Waals surface area (Å²) < 4.78 is 5.23. The smallest absolute Gasteiger partial charge is 0.240 e. The maximum atomic E-state index is 10.1. The SMILES string of the molecule is O=C=Nc1ccc(-c2n[nH]c(-c3ccco3)n2)cc1. The van der Waals surface area contributed by atoms with Gasteiger partial charge in [0.05, 0.1) is 12.0 Å². The van der Waals surface area contributed by atoms with Crippen LogP contribution >= 0.6 is 0 Å². The Bertz CT molecular complexity index is 722. The number of aliphatic imine (C=N–C) groups is 1. The molecule has 0 fully saturated rings. The molecule has 0 saturated carbocycles. The van der Waals surface area contributed by atoms with Crippen molar-refractivity contribution in [3.63, 3.8) is 0 Å². The summed E-state index contributed by atoms with van der Waals surface area (Å²) in [4.78, 5) is 18.0. The Hall–Kier alpha value is -2.98. The van der Waals surface area contributed by atoms with E-state index >= 15 is 0 Å². The highest BCUT2D eigenvalue weighted by molar-refractivity contribution is 5.61. The Morgan fingerprint density at radius 3 is 2.74 bits per heavy atom. The fraction of sp³-hybridized carbons (Fsp3) is 0. The third-order valence-electron chi connectivity index (χ3n) is 2.54. The number of isocyanates is 1. The first kappa shape index (κ1) is 11.1. The summed E-state index contributed by atoms with van der Waals surface area (Å²) in [6.07, 6.45) is 3.06. The van der Waals surface area contributed by atoms with Crippen LogP contribution in [-0.2, 0) is 4.79 Å². The molecule has 3 aromatic rings. The molecule has 3 rings (SSSR count). The van der Waals surface area contributed by atoms with Crippen LogP contribution in [0.15, 0.2) is 52.1 Å². The zero-order chi connectivity index (χ0) is 13.1. The van der Waals surface area contributed by atoms with Crippen LogP contribution in [0.4, 0.5) is 5.69 Å². The molecule has 19 heavy (non-hydrogen) atoms. The number of furan rings is 1. The van der Waals surface area contributed by atoms with E-state index in [4.69, 9.17) is 4.42 Å². The lowest BCUT2D eigenvalue weighted by molar-refractivity contribution is 0.565. The second kappa shape index (κ2) is 4.72. The molecule has 1 N–H and O–H groups in total. The minimum Gasteiger partial charge on any atom is -0.461 e. The van der Waals surface area contributed by atoms with Crippen molar-refractivity contribution in [3.8, 4) is 23.0 Å². The molecule has 2 aromatic heterocycles. The number of rotatable bonds is 3. The van der Waals surface area contributed by atoms with E-state index in [1.807, 2.05) is 0 Å². The Morgan fingerprint density at radius 1 is 1.21 bits per heavy atom. The maximum Gasteiger partial charge on any atom is 0.240 e. The third-order valence-corrected chi connectivity index (χ3v) is 2.54. The van der Waals surface area contributed by atoms with Gasteiger partial charge in [0.25, 0.3) is 0 Å². The van der Waals surface area contributed by atoms with Gasteiger partial charge in [0, 0.05) is 5.56 Å². The monoisotopic (exact) mass is 252 g/mol. The van der Waals surface area contributed by atoms with E-state index in [-0.39, 0.29) is 0 Å². The first-order chi connectivity index (χ1) is 9.36. The highest BCUT2D eigenvalue weighted by Gasteiger charge is 2.09. The molecule has 0 radical (unpaired) electrons. The first-order valence-electron chi connectivity index (χ1n) is 5.51. The minimum absolute atomic E-state index is 0.542. The van der Waals surface area contributed by atoms with Gasteiger partial charge in [0.15, 0.2) is 17.4 Å². The molecular formula is C13H8N4O2. The number of hydrogen-bond donors (Lipinski definition) is 1. The quantitative estimate of drug-likeness (QED) is 0.573. The van der Waals surface area contributed by atoms with Crippen LogP contribution in [0.1, 0.15) is 0 Å². The van der Waals surface area contributed by atoms with Crippen molar-refractivity contribution in [1.82, 2.24) is 15.2 Å². The highest BCUT2D eigenvalue weighted by atomic mass is 16.3. The van der Waals surface area contributed by atoms with Gasteiger partial charge in [-0.1, -0.05) is 0 Å². The van der Waals surface area contributed by atoms with E-state index in [0.29, 0.717) is 23.1 Å². The summed E-state index contributed by atoms with van der Waals surface area (Å²) in [6, 6.07) is 10.5. The maximum absolute atomic E-state index is 10.1. The van der Waals surface area contributed by atoms with Crippen molar-refractivity contribution in [2.45, 2.75) is 0 Å². The van der Waals surface area contributed by atoms with Crippen molar-refractivity contribution in [2.75, 3.05) is 0 Å². The van der Waals surface area contributed by atoms with E-state index in [2.05, 4.69) is 20.2 Å². The normalized spacial score (nSPS) is 10.1. The van der Waals surface area contributed by atoms with Crippen LogP contribution in [0.25, 0.3) is 23.0 Å². The van der Waals surface area contributed by atoms with Crippen LogP contribution in [0.2, 0.25) is 0 Å². The summed E-state index contributed by atoms with van der Waals surface area (Å²) in [6.45, 7) is 0. The Morgan fingerprint density at radius 2 is 2.05 bits per heavy atom. The summed E-state index contributed by atoms with van der Waals surface area (Å²) >= 11 is 0. The molecule has 0 saturated heterocycles. The summed E-state index contributed by atoms with van der Waals surface area (Å²) in [7, 11) is 0. The lowest BCUT2D eigenvalue weighted by Gasteiger charge is -1.94. The molecule has 6 nitrogen and oxygen atoms in total. The molecule has 1 aromatic carbocycles. The molecule has 0 aliphatic rings. The lowest BCUT2D eigenvalue weighted by Crippen LogP contribution is -1.79. The molecule has 0 amide bonds. The van der Waals surface area contributed by atoms with E-state index in [1.165, 1.54) is 6.08 Å². The number of carbonyl (C=O) groups excluding carboxylic acids is 1. The molecule has 0 aliphatic heterocycles. The average Bonchev–Trinajstić information content (AvgIpc) is 3.11. The second-order valence-corrected chi connectivity index (χ2v) is 3.73.